The van der Waals surface area contributed by atoms with Gasteiger partial charge in [-0.3, -0.25) is 9.88 Å². The van der Waals surface area contributed by atoms with Gasteiger partial charge in [-0.05, 0) is 6.07 Å². The van der Waals surface area contributed by atoms with Crippen LogP contribution in [0.4, 0.5) is 18.3 Å². The van der Waals surface area contributed by atoms with E-state index in [4.69, 9.17) is 4.74 Å². The van der Waals surface area contributed by atoms with Crippen molar-refractivity contribution < 1.29 is 23.0 Å². The average molecular weight is 491 g/mol. The lowest BCUT2D eigenvalue weighted by Gasteiger charge is -2.25. The summed E-state index contributed by atoms with van der Waals surface area (Å²) in [5.74, 6) is 0. The highest BCUT2D eigenvalue weighted by Crippen LogP contribution is 2.37. The number of benzene rings is 1. The number of anilines is 1. The molecule has 178 valence electrons. The molecule has 0 amide bonds. The summed E-state index contributed by atoms with van der Waals surface area (Å²) in [6.45, 7) is 3.77. The van der Waals surface area contributed by atoms with E-state index in [2.05, 4.69) is 25.2 Å². The third-order valence-electron chi connectivity index (χ3n) is 5.47. The molecule has 5 rings (SSSR count). The van der Waals surface area contributed by atoms with Gasteiger partial charge >= 0.3 is 6.18 Å². The first-order valence-electron chi connectivity index (χ1n) is 10.6. The number of rotatable bonds is 6. The highest BCUT2D eigenvalue weighted by atomic mass is 32.1. The number of thiazole rings is 1. The summed E-state index contributed by atoms with van der Waals surface area (Å²) in [5, 5.41) is 16.1. The summed E-state index contributed by atoms with van der Waals surface area (Å²) >= 11 is 1.35. The first-order chi connectivity index (χ1) is 16.4. The maximum atomic E-state index is 13.5. The second-order valence-electron chi connectivity index (χ2n) is 7.79. The number of fused-ring (bicyclic) bond motifs is 1. The highest BCUT2D eigenvalue weighted by molar-refractivity contribution is 7.13. The Kier molecular flexibility index (Phi) is 6.21. The molecule has 1 aliphatic rings. The molecular formula is C22H21F3N6O2S. The van der Waals surface area contributed by atoms with E-state index in [1.54, 1.807) is 10.6 Å². The molecule has 1 saturated heterocycles. The number of halogens is 3. The number of aliphatic hydroxyl groups is 1. The molecule has 0 radical (unpaired) electrons. The van der Waals surface area contributed by atoms with Gasteiger partial charge in [0.25, 0.3) is 0 Å². The van der Waals surface area contributed by atoms with Crippen LogP contribution in [0.3, 0.4) is 0 Å². The monoisotopic (exact) mass is 490 g/mol. The zero-order chi connectivity index (χ0) is 23.7. The molecule has 2 N–H and O–H groups in total. The molecule has 1 atom stereocenters. The zero-order valence-corrected chi connectivity index (χ0v) is 18.7. The van der Waals surface area contributed by atoms with Crippen LogP contribution in [0.25, 0.3) is 16.9 Å². The standard InChI is InChI=1S/C22H21F3N6O2S/c23-22(24,25)16-4-2-1-3-15(16)17-12-31-6-5-26-18(19(31)28-17)20(32)29-21-27-14(13-34-21)11-30-7-9-33-10-8-30/h1-6,12-13,20,32H,7-11H2,(H,27,29). The topological polar surface area (TPSA) is 87.8 Å². The summed E-state index contributed by atoms with van der Waals surface area (Å²) in [5.41, 5.74) is 0.626. The molecule has 1 fully saturated rings. The molecular weight excluding hydrogens is 469 g/mol. The largest absolute Gasteiger partial charge is 0.417 e. The summed E-state index contributed by atoms with van der Waals surface area (Å²) in [7, 11) is 0. The molecule has 12 heteroatoms. The van der Waals surface area contributed by atoms with Crippen molar-refractivity contribution in [2.45, 2.75) is 18.9 Å². The van der Waals surface area contributed by atoms with E-state index in [1.807, 2.05) is 5.38 Å². The predicted octanol–water partition coefficient (Wildman–Crippen LogP) is 3.81. The summed E-state index contributed by atoms with van der Waals surface area (Å²) in [6.07, 6.45) is -1.25. The molecule has 0 bridgehead atoms. The molecule has 1 unspecified atom stereocenters. The molecule has 0 saturated carbocycles. The van der Waals surface area contributed by atoms with Gasteiger partial charge in [-0.25, -0.2) is 9.97 Å². The smallest absolute Gasteiger partial charge is 0.379 e. The van der Waals surface area contributed by atoms with Gasteiger partial charge in [-0.1, -0.05) is 18.2 Å². The Balaban J connectivity index is 1.38. The van der Waals surface area contributed by atoms with Gasteiger partial charge < -0.3 is 19.6 Å². The van der Waals surface area contributed by atoms with Crippen molar-refractivity contribution in [3.05, 3.63) is 65.2 Å². The van der Waals surface area contributed by atoms with E-state index in [9.17, 15) is 18.3 Å². The number of aromatic nitrogens is 4. The van der Waals surface area contributed by atoms with Crippen LogP contribution in [0.5, 0.6) is 0 Å². The van der Waals surface area contributed by atoms with Crippen molar-refractivity contribution in [1.29, 1.82) is 0 Å². The van der Waals surface area contributed by atoms with E-state index >= 15 is 0 Å². The van der Waals surface area contributed by atoms with Gasteiger partial charge in [-0.15, -0.1) is 11.3 Å². The van der Waals surface area contributed by atoms with Crippen molar-refractivity contribution in [3.63, 3.8) is 0 Å². The number of nitrogens with one attached hydrogen (secondary N) is 1. The Labute approximate surface area is 196 Å². The molecule has 0 aliphatic carbocycles. The summed E-state index contributed by atoms with van der Waals surface area (Å²) in [6, 6.07) is 5.26. The first kappa shape index (κ1) is 22.7. The normalized spacial score (nSPS) is 16.1. The van der Waals surface area contributed by atoms with E-state index < -0.39 is 18.0 Å². The number of alkyl halides is 3. The molecule has 4 heterocycles. The van der Waals surface area contributed by atoms with Crippen LogP contribution in [0.1, 0.15) is 23.2 Å². The Hall–Kier alpha value is -3.06. The molecule has 4 aromatic rings. The van der Waals surface area contributed by atoms with Gasteiger partial charge in [0.15, 0.2) is 17.0 Å². The van der Waals surface area contributed by atoms with Crippen LogP contribution in [-0.2, 0) is 17.5 Å². The van der Waals surface area contributed by atoms with Gasteiger partial charge in [0, 0.05) is 49.2 Å². The summed E-state index contributed by atoms with van der Waals surface area (Å²) in [4.78, 5) is 15.4. The maximum Gasteiger partial charge on any atom is 0.417 e. The van der Waals surface area contributed by atoms with Crippen LogP contribution in [-0.4, -0.2) is 55.7 Å². The van der Waals surface area contributed by atoms with E-state index in [-0.39, 0.29) is 22.6 Å². The third kappa shape index (κ3) is 4.75. The number of nitrogens with zero attached hydrogens (tertiary/aromatic N) is 5. The minimum Gasteiger partial charge on any atom is -0.379 e. The highest BCUT2D eigenvalue weighted by Gasteiger charge is 2.34. The summed E-state index contributed by atoms with van der Waals surface area (Å²) < 4.78 is 47.3. The van der Waals surface area contributed by atoms with Crippen LogP contribution >= 0.6 is 11.3 Å². The number of hydrogen-bond acceptors (Lipinski definition) is 8. The Morgan fingerprint density at radius 2 is 1.97 bits per heavy atom. The van der Waals surface area contributed by atoms with Crippen molar-refractivity contribution in [1.82, 2.24) is 24.3 Å². The number of hydrogen-bond donors (Lipinski definition) is 2. The van der Waals surface area contributed by atoms with Crippen molar-refractivity contribution >= 4 is 22.1 Å². The maximum absolute atomic E-state index is 13.5. The second kappa shape index (κ2) is 9.29. The fraction of sp³-hybridized carbons (Fsp3) is 0.318. The lowest BCUT2D eigenvalue weighted by Crippen LogP contribution is -2.35. The predicted molar refractivity (Wildman–Crippen MR) is 120 cm³/mol. The van der Waals surface area contributed by atoms with Crippen molar-refractivity contribution in [3.8, 4) is 11.3 Å². The minimum absolute atomic E-state index is 0.0419. The molecule has 8 nitrogen and oxygen atoms in total. The molecule has 0 spiro atoms. The van der Waals surface area contributed by atoms with Crippen LogP contribution in [0.2, 0.25) is 0 Å². The molecule has 3 aromatic heterocycles. The quantitative estimate of drug-likeness (QED) is 0.398. The van der Waals surface area contributed by atoms with Gasteiger partial charge in [-0.2, -0.15) is 13.2 Å². The first-order valence-corrected chi connectivity index (χ1v) is 11.5. The fourth-order valence-corrected chi connectivity index (χ4v) is 4.56. The Morgan fingerprint density at radius 3 is 2.76 bits per heavy atom. The fourth-order valence-electron chi connectivity index (χ4n) is 3.84. The van der Waals surface area contributed by atoms with E-state index in [0.29, 0.717) is 24.9 Å². The van der Waals surface area contributed by atoms with Crippen molar-refractivity contribution in [2.24, 2.45) is 0 Å². The molecule has 1 aliphatic heterocycles. The van der Waals surface area contributed by atoms with Gasteiger partial charge in [0.2, 0.25) is 0 Å². The van der Waals surface area contributed by atoms with Crippen LogP contribution in [0, 0.1) is 0 Å². The third-order valence-corrected chi connectivity index (χ3v) is 6.29. The van der Waals surface area contributed by atoms with Gasteiger partial charge in [0.05, 0.1) is 30.2 Å². The SMILES string of the molecule is OC(Nc1nc(CN2CCOCC2)cs1)c1nccn2cc(-c3ccccc3C(F)(F)F)nc12. The Bertz CT molecular complexity index is 1290. The Morgan fingerprint density at radius 1 is 1.18 bits per heavy atom. The van der Waals surface area contributed by atoms with Crippen molar-refractivity contribution in [2.75, 3.05) is 31.6 Å². The number of ether oxygens (including phenoxy) is 1. The number of morpholine rings is 1. The van der Waals surface area contributed by atoms with Crippen LogP contribution in [0.15, 0.2) is 48.2 Å². The van der Waals surface area contributed by atoms with Crippen LogP contribution < -0.4 is 5.32 Å². The second-order valence-corrected chi connectivity index (χ2v) is 8.65. The zero-order valence-electron chi connectivity index (χ0n) is 17.9. The lowest BCUT2D eigenvalue weighted by molar-refractivity contribution is -0.137. The average Bonchev–Trinajstić information content (AvgIpc) is 3.45. The number of aliphatic hydroxyl groups excluding tert-OH is 1. The number of imidazole rings is 1. The van der Waals surface area contributed by atoms with Gasteiger partial charge in [0.1, 0.15) is 5.69 Å². The molecule has 34 heavy (non-hydrogen) atoms. The minimum atomic E-state index is -4.52. The molecule has 1 aromatic carbocycles. The van der Waals surface area contributed by atoms with E-state index in [0.717, 1.165) is 24.8 Å². The lowest BCUT2D eigenvalue weighted by atomic mass is 10.1. The van der Waals surface area contributed by atoms with E-state index in [1.165, 1.54) is 41.9 Å².